The van der Waals surface area contributed by atoms with E-state index in [4.69, 9.17) is 10.00 Å². The van der Waals surface area contributed by atoms with Gasteiger partial charge in [-0.1, -0.05) is 41.7 Å². The first kappa shape index (κ1) is 15.4. The smallest absolute Gasteiger partial charge is 0.349 e. The van der Waals surface area contributed by atoms with Gasteiger partial charge in [0.25, 0.3) is 0 Å². The largest absolute Gasteiger partial charge is 0.457 e. The van der Waals surface area contributed by atoms with E-state index >= 15 is 0 Å². The molecular formula is C15H10N2O4S. The first-order valence-electron chi connectivity index (χ1n) is 6.17. The van der Waals surface area contributed by atoms with Gasteiger partial charge < -0.3 is 4.74 Å². The molecule has 6 nitrogen and oxygen atoms in total. The van der Waals surface area contributed by atoms with Crippen molar-refractivity contribution in [2.75, 3.05) is 0 Å². The van der Waals surface area contributed by atoms with Crippen LogP contribution in [0.25, 0.3) is 6.08 Å². The number of rotatable bonds is 5. The SMILES string of the molecule is N#C/C(=C\c1ccc([N+](=O)[O-])s1)C(=O)OCc1ccccc1. The Bertz CT molecular complexity index is 759. The summed E-state index contributed by atoms with van der Waals surface area (Å²) in [5, 5.41) is 19.6. The number of hydrogen-bond acceptors (Lipinski definition) is 6. The average molecular weight is 314 g/mol. The van der Waals surface area contributed by atoms with Crippen LogP contribution in [0.1, 0.15) is 10.4 Å². The number of carbonyl (C=O) groups is 1. The minimum atomic E-state index is -0.762. The number of thiophene rings is 1. The van der Waals surface area contributed by atoms with Gasteiger partial charge >= 0.3 is 11.0 Å². The summed E-state index contributed by atoms with van der Waals surface area (Å²) < 4.78 is 5.05. The van der Waals surface area contributed by atoms with E-state index in [1.807, 2.05) is 18.2 Å². The van der Waals surface area contributed by atoms with E-state index in [0.717, 1.165) is 16.9 Å². The highest BCUT2D eigenvalue weighted by Gasteiger charge is 2.14. The monoisotopic (exact) mass is 314 g/mol. The molecular weight excluding hydrogens is 304 g/mol. The Labute approximate surface area is 130 Å². The minimum absolute atomic E-state index is 0.0545. The highest BCUT2D eigenvalue weighted by atomic mass is 32.1. The summed E-state index contributed by atoms with van der Waals surface area (Å²) in [4.78, 5) is 22.4. The van der Waals surface area contributed by atoms with Gasteiger partial charge in [-0.05, 0) is 17.7 Å². The van der Waals surface area contributed by atoms with Gasteiger partial charge in [-0.2, -0.15) is 5.26 Å². The fourth-order valence-corrected chi connectivity index (χ4v) is 2.36. The van der Waals surface area contributed by atoms with Gasteiger partial charge in [0.1, 0.15) is 18.2 Å². The van der Waals surface area contributed by atoms with Gasteiger partial charge in [-0.3, -0.25) is 10.1 Å². The lowest BCUT2D eigenvalue weighted by atomic mass is 10.2. The summed E-state index contributed by atoms with van der Waals surface area (Å²) >= 11 is 0.882. The van der Waals surface area contributed by atoms with Crippen molar-refractivity contribution in [3.05, 3.63) is 68.6 Å². The van der Waals surface area contributed by atoms with E-state index < -0.39 is 10.9 Å². The lowest BCUT2D eigenvalue weighted by Gasteiger charge is -2.03. The van der Waals surface area contributed by atoms with E-state index in [1.165, 1.54) is 18.2 Å². The van der Waals surface area contributed by atoms with Gasteiger partial charge in [0.05, 0.1) is 4.92 Å². The number of benzene rings is 1. The van der Waals surface area contributed by atoms with E-state index in [2.05, 4.69) is 0 Å². The molecule has 0 fully saturated rings. The lowest BCUT2D eigenvalue weighted by Crippen LogP contribution is -2.06. The molecule has 1 heterocycles. The molecule has 22 heavy (non-hydrogen) atoms. The molecule has 0 bridgehead atoms. The topological polar surface area (TPSA) is 93.2 Å². The van der Waals surface area contributed by atoms with Gasteiger partial charge in [-0.25, -0.2) is 4.79 Å². The highest BCUT2D eigenvalue weighted by molar-refractivity contribution is 7.16. The van der Waals surface area contributed by atoms with E-state index in [1.54, 1.807) is 18.2 Å². The Balaban J connectivity index is 2.06. The third-order valence-electron chi connectivity index (χ3n) is 2.63. The third-order valence-corrected chi connectivity index (χ3v) is 3.62. The molecule has 0 spiro atoms. The summed E-state index contributed by atoms with van der Waals surface area (Å²) in [5.41, 5.74) is 0.604. The molecule has 0 aliphatic rings. The molecule has 0 unspecified atom stereocenters. The third kappa shape index (κ3) is 4.01. The van der Waals surface area contributed by atoms with Crippen LogP contribution in [0.2, 0.25) is 0 Å². The molecule has 0 aliphatic carbocycles. The summed E-state index contributed by atoms with van der Waals surface area (Å²) in [7, 11) is 0. The Hall–Kier alpha value is -2.98. The van der Waals surface area contributed by atoms with Gasteiger partial charge in [0, 0.05) is 10.9 Å². The molecule has 0 atom stereocenters. The van der Waals surface area contributed by atoms with Crippen molar-refractivity contribution in [2.24, 2.45) is 0 Å². The zero-order chi connectivity index (χ0) is 15.9. The molecule has 0 saturated carbocycles. The van der Waals surface area contributed by atoms with Crippen LogP contribution in [0, 0.1) is 21.4 Å². The van der Waals surface area contributed by atoms with Gasteiger partial charge in [0.15, 0.2) is 0 Å². The number of carbonyl (C=O) groups excluding carboxylic acids is 1. The first-order chi connectivity index (χ1) is 10.6. The Morgan fingerprint density at radius 3 is 2.64 bits per heavy atom. The summed E-state index contributed by atoms with van der Waals surface area (Å²) in [6, 6.07) is 13.6. The van der Waals surface area contributed by atoms with Crippen molar-refractivity contribution in [3.63, 3.8) is 0 Å². The Morgan fingerprint density at radius 1 is 1.32 bits per heavy atom. The maximum atomic E-state index is 11.9. The van der Waals surface area contributed by atoms with Crippen molar-refractivity contribution >= 4 is 28.4 Å². The predicted molar refractivity (Wildman–Crippen MR) is 80.8 cm³/mol. The van der Waals surface area contributed by atoms with Crippen molar-refractivity contribution in [2.45, 2.75) is 6.61 Å². The fraction of sp³-hybridized carbons (Fsp3) is 0.0667. The number of nitrogens with zero attached hydrogens (tertiary/aromatic N) is 2. The quantitative estimate of drug-likeness (QED) is 0.277. The second-order valence-electron chi connectivity index (χ2n) is 4.16. The molecule has 0 aliphatic heterocycles. The Kier molecular flexibility index (Phi) is 5.01. The standard InChI is InChI=1S/C15H10N2O4S/c16-9-12(8-13-6-7-14(22-13)17(19)20)15(18)21-10-11-4-2-1-3-5-11/h1-8H,10H2/b12-8+. The zero-order valence-electron chi connectivity index (χ0n) is 11.3. The van der Waals surface area contributed by atoms with Crippen LogP contribution >= 0.6 is 11.3 Å². The normalized spacial score (nSPS) is 10.8. The van der Waals surface area contributed by atoms with E-state index in [0.29, 0.717) is 4.88 Å². The predicted octanol–water partition coefficient (Wildman–Crippen LogP) is 3.31. The lowest BCUT2D eigenvalue weighted by molar-refractivity contribution is -0.380. The number of esters is 1. The number of ether oxygens (including phenoxy) is 1. The summed E-state index contributed by atoms with van der Waals surface area (Å²) in [5.74, 6) is -0.762. The minimum Gasteiger partial charge on any atom is -0.457 e. The van der Waals surface area contributed by atoms with Crippen LogP contribution in [0.15, 0.2) is 48.0 Å². The molecule has 2 rings (SSSR count). The Morgan fingerprint density at radius 2 is 2.05 bits per heavy atom. The second-order valence-corrected chi connectivity index (χ2v) is 5.26. The zero-order valence-corrected chi connectivity index (χ0v) is 12.1. The van der Waals surface area contributed by atoms with Crippen molar-refractivity contribution in [3.8, 4) is 6.07 Å². The average Bonchev–Trinajstić information content (AvgIpc) is 3.00. The van der Waals surface area contributed by atoms with Gasteiger partial charge in [0.2, 0.25) is 0 Å². The van der Waals surface area contributed by atoms with Crippen LogP contribution in [-0.4, -0.2) is 10.9 Å². The van der Waals surface area contributed by atoms with Gasteiger partial charge in [-0.15, -0.1) is 0 Å². The molecule has 7 heteroatoms. The molecule has 1 aromatic heterocycles. The number of nitro groups is 1. The molecule has 110 valence electrons. The fourth-order valence-electron chi connectivity index (χ4n) is 1.60. The van der Waals surface area contributed by atoms with Crippen LogP contribution in [0.3, 0.4) is 0 Å². The van der Waals surface area contributed by atoms with E-state index in [9.17, 15) is 14.9 Å². The van der Waals surface area contributed by atoms with E-state index in [-0.39, 0.29) is 17.2 Å². The molecule has 1 aromatic carbocycles. The van der Waals surface area contributed by atoms with Crippen LogP contribution in [-0.2, 0) is 16.1 Å². The maximum absolute atomic E-state index is 11.9. The maximum Gasteiger partial charge on any atom is 0.349 e. The molecule has 0 radical (unpaired) electrons. The first-order valence-corrected chi connectivity index (χ1v) is 6.99. The molecule has 0 saturated heterocycles. The number of nitriles is 1. The van der Waals surface area contributed by atoms with Crippen molar-refractivity contribution in [1.82, 2.24) is 0 Å². The van der Waals surface area contributed by atoms with Crippen LogP contribution < -0.4 is 0 Å². The second kappa shape index (κ2) is 7.15. The number of hydrogen-bond donors (Lipinski definition) is 0. The summed E-state index contributed by atoms with van der Waals surface area (Å²) in [6.45, 7) is 0.0588. The van der Waals surface area contributed by atoms with Crippen LogP contribution in [0.4, 0.5) is 5.00 Å². The van der Waals surface area contributed by atoms with Crippen molar-refractivity contribution in [1.29, 1.82) is 5.26 Å². The summed E-state index contributed by atoms with van der Waals surface area (Å²) in [6.07, 6.45) is 1.28. The molecule has 0 amide bonds. The van der Waals surface area contributed by atoms with Crippen molar-refractivity contribution < 1.29 is 14.5 Å². The molecule has 2 aromatic rings. The molecule has 0 N–H and O–H groups in total. The highest BCUT2D eigenvalue weighted by Crippen LogP contribution is 2.26. The van der Waals surface area contributed by atoms with Crippen LogP contribution in [0.5, 0.6) is 0 Å².